The van der Waals surface area contributed by atoms with Crippen molar-refractivity contribution in [1.82, 2.24) is 0 Å². The molecule has 1 saturated carbocycles. The molecular weight excluding hydrogens is 205 g/mol. The third-order valence-corrected chi connectivity index (χ3v) is 4.09. The van der Waals surface area contributed by atoms with Gasteiger partial charge in [-0.2, -0.15) is 0 Å². The fraction of sp³-hybridized carbons (Fsp3) is 0.538. The Morgan fingerprint density at radius 1 is 1.19 bits per heavy atom. The minimum Gasteiger partial charge on any atom is -0.379 e. The summed E-state index contributed by atoms with van der Waals surface area (Å²) in [6.07, 6.45) is 2.14. The van der Waals surface area contributed by atoms with Crippen molar-refractivity contribution in [3.8, 4) is 0 Å². The van der Waals surface area contributed by atoms with Crippen LogP contribution in [0.15, 0.2) is 24.3 Å². The number of ether oxygens (including phenoxy) is 1. The second kappa shape index (κ2) is 3.54. The first kappa shape index (κ1) is 10.2. The minimum absolute atomic E-state index is 0.115. The van der Waals surface area contributed by atoms with Gasteiger partial charge in [-0.05, 0) is 36.5 Å². The van der Waals surface area contributed by atoms with Gasteiger partial charge in [0, 0.05) is 11.5 Å². The van der Waals surface area contributed by atoms with Crippen molar-refractivity contribution in [2.75, 3.05) is 13.2 Å². The molecule has 3 rings (SSSR count). The molecular formula is C13H16FNO. The predicted molar refractivity (Wildman–Crippen MR) is 59.6 cm³/mol. The monoisotopic (exact) mass is 221 g/mol. The Hall–Kier alpha value is -0.930. The normalized spacial score (nSPS) is 31.6. The van der Waals surface area contributed by atoms with Crippen molar-refractivity contribution in [2.24, 2.45) is 11.7 Å². The maximum atomic E-state index is 12.9. The Labute approximate surface area is 94.6 Å². The summed E-state index contributed by atoms with van der Waals surface area (Å²) in [6.45, 7) is 1.52. The van der Waals surface area contributed by atoms with E-state index >= 15 is 0 Å². The number of hydrogen-bond acceptors (Lipinski definition) is 2. The molecule has 3 heteroatoms. The molecule has 1 aliphatic heterocycles. The molecule has 0 unspecified atom stereocenters. The number of hydrogen-bond donors (Lipinski definition) is 1. The van der Waals surface area contributed by atoms with Gasteiger partial charge in [-0.1, -0.05) is 12.1 Å². The summed E-state index contributed by atoms with van der Waals surface area (Å²) in [7, 11) is 0. The quantitative estimate of drug-likeness (QED) is 0.827. The lowest BCUT2D eigenvalue weighted by molar-refractivity contribution is -0.111. The molecule has 1 heterocycles. The first-order valence-electron chi connectivity index (χ1n) is 5.80. The van der Waals surface area contributed by atoms with Crippen LogP contribution in [0.2, 0.25) is 0 Å². The maximum Gasteiger partial charge on any atom is 0.123 e. The van der Waals surface area contributed by atoms with Crippen LogP contribution >= 0.6 is 0 Å². The van der Waals surface area contributed by atoms with Gasteiger partial charge in [-0.3, -0.25) is 0 Å². The molecule has 0 amide bonds. The Morgan fingerprint density at radius 3 is 2.25 bits per heavy atom. The highest BCUT2D eigenvalue weighted by Crippen LogP contribution is 2.48. The number of rotatable bonds is 2. The molecule has 0 radical (unpaired) electrons. The van der Waals surface area contributed by atoms with Crippen LogP contribution in [0.1, 0.15) is 18.4 Å². The van der Waals surface area contributed by atoms with Crippen molar-refractivity contribution in [3.63, 3.8) is 0 Å². The van der Waals surface area contributed by atoms with Crippen LogP contribution in [0.5, 0.6) is 0 Å². The lowest BCUT2D eigenvalue weighted by Gasteiger charge is -2.53. The molecule has 2 fully saturated rings. The SMILES string of the molecule is NC1CC(C2(c3ccc(F)cc3)COC2)C1. The van der Waals surface area contributed by atoms with Crippen molar-refractivity contribution in [2.45, 2.75) is 24.3 Å². The van der Waals surface area contributed by atoms with Gasteiger partial charge in [-0.25, -0.2) is 4.39 Å². The van der Waals surface area contributed by atoms with Crippen molar-refractivity contribution in [1.29, 1.82) is 0 Å². The fourth-order valence-electron chi connectivity index (χ4n) is 2.85. The number of benzene rings is 1. The zero-order valence-corrected chi connectivity index (χ0v) is 9.16. The topological polar surface area (TPSA) is 35.2 Å². The Bertz CT molecular complexity index is 379. The number of nitrogens with two attached hydrogens (primary N) is 1. The molecule has 1 aliphatic carbocycles. The molecule has 2 N–H and O–H groups in total. The van der Waals surface area contributed by atoms with E-state index in [2.05, 4.69) is 0 Å². The molecule has 0 aromatic heterocycles. The Morgan fingerprint density at radius 2 is 1.81 bits per heavy atom. The average molecular weight is 221 g/mol. The molecule has 2 nitrogen and oxygen atoms in total. The van der Waals surface area contributed by atoms with Gasteiger partial charge < -0.3 is 10.5 Å². The molecule has 1 aromatic carbocycles. The molecule has 2 aliphatic rings. The van der Waals surface area contributed by atoms with Gasteiger partial charge in [0.2, 0.25) is 0 Å². The largest absolute Gasteiger partial charge is 0.379 e. The van der Waals surface area contributed by atoms with Crippen molar-refractivity contribution < 1.29 is 9.13 Å². The summed E-state index contributed by atoms with van der Waals surface area (Å²) in [4.78, 5) is 0. The highest BCUT2D eigenvalue weighted by Gasteiger charge is 2.51. The first-order chi connectivity index (χ1) is 7.71. The van der Waals surface area contributed by atoms with Crippen LogP contribution < -0.4 is 5.73 Å². The van der Waals surface area contributed by atoms with Crippen LogP contribution in [-0.2, 0) is 10.2 Å². The van der Waals surface area contributed by atoms with Gasteiger partial charge >= 0.3 is 0 Å². The second-order valence-corrected chi connectivity index (χ2v) is 5.08. The molecule has 0 atom stereocenters. The third-order valence-electron chi connectivity index (χ3n) is 4.09. The van der Waals surface area contributed by atoms with Gasteiger partial charge in [0.1, 0.15) is 5.82 Å². The summed E-state index contributed by atoms with van der Waals surface area (Å²) in [5, 5.41) is 0. The van der Waals surface area contributed by atoms with E-state index in [-0.39, 0.29) is 11.2 Å². The standard InChI is InChI=1S/C13H16FNO/c14-11-3-1-9(2-4-11)13(7-16-8-13)10-5-12(15)6-10/h1-4,10,12H,5-8,15H2. The first-order valence-corrected chi connectivity index (χ1v) is 5.80. The summed E-state index contributed by atoms with van der Waals surface area (Å²) < 4.78 is 18.3. The van der Waals surface area contributed by atoms with E-state index in [1.165, 1.54) is 17.7 Å². The van der Waals surface area contributed by atoms with E-state index in [4.69, 9.17) is 10.5 Å². The van der Waals surface area contributed by atoms with Crippen LogP contribution in [0.25, 0.3) is 0 Å². The van der Waals surface area contributed by atoms with E-state index in [0.717, 1.165) is 26.1 Å². The van der Waals surface area contributed by atoms with Gasteiger partial charge in [-0.15, -0.1) is 0 Å². The molecule has 1 saturated heterocycles. The second-order valence-electron chi connectivity index (χ2n) is 5.08. The molecule has 0 bridgehead atoms. The Balaban J connectivity index is 1.87. The van der Waals surface area contributed by atoms with Crippen LogP contribution in [0, 0.1) is 11.7 Å². The van der Waals surface area contributed by atoms with Crippen LogP contribution in [-0.4, -0.2) is 19.3 Å². The molecule has 86 valence electrons. The van der Waals surface area contributed by atoms with E-state index in [9.17, 15) is 4.39 Å². The van der Waals surface area contributed by atoms with Gasteiger partial charge in [0.05, 0.1) is 13.2 Å². The lowest BCUT2D eigenvalue weighted by atomic mass is 9.59. The fourth-order valence-corrected chi connectivity index (χ4v) is 2.85. The zero-order valence-electron chi connectivity index (χ0n) is 9.16. The van der Waals surface area contributed by atoms with Crippen LogP contribution in [0.3, 0.4) is 0 Å². The van der Waals surface area contributed by atoms with Gasteiger partial charge in [0.25, 0.3) is 0 Å². The highest BCUT2D eigenvalue weighted by molar-refractivity contribution is 5.31. The van der Waals surface area contributed by atoms with Gasteiger partial charge in [0.15, 0.2) is 0 Å². The predicted octanol–water partition coefficient (Wildman–Crippen LogP) is 1.83. The summed E-state index contributed by atoms with van der Waals surface area (Å²) in [6, 6.07) is 7.20. The zero-order chi connectivity index (χ0) is 11.2. The van der Waals surface area contributed by atoms with E-state index in [1.807, 2.05) is 12.1 Å². The third kappa shape index (κ3) is 1.39. The minimum atomic E-state index is -0.176. The summed E-state index contributed by atoms with van der Waals surface area (Å²) in [5.74, 6) is 0.436. The molecule has 0 spiro atoms. The maximum absolute atomic E-state index is 12.9. The molecule has 1 aromatic rings. The van der Waals surface area contributed by atoms with Crippen LogP contribution in [0.4, 0.5) is 4.39 Å². The Kier molecular flexibility index (Phi) is 2.26. The lowest BCUT2D eigenvalue weighted by Crippen LogP contribution is -2.58. The average Bonchev–Trinajstić information content (AvgIpc) is 2.16. The summed E-state index contributed by atoms with van der Waals surface area (Å²) >= 11 is 0. The van der Waals surface area contributed by atoms with E-state index in [1.54, 1.807) is 0 Å². The summed E-state index contributed by atoms with van der Waals surface area (Å²) in [5.41, 5.74) is 7.17. The molecule has 16 heavy (non-hydrogen) atoms. The highest BCUT2D eigenvalue weighted by atomic mass is 19.1. The van der Waals surface area contributed by atoms with Crippen molar-refractivity contribution in [3.05, 3.63) is 35.6 Å². The smallest absolute Gasteiger partial charge is 0.123 e. The number of halogens is 1. The van der Waals surface area contributed by atoms with E-state index in [0.29, 0.717) is 12.0 Å². The van der Waals surface area contributed by atoms with Crippen molar-refractivity contribution >= 4 is 0 Å². The van der Waals surface area contributed by atoms with E-state index < -0.39 is 0 Å².